The molecule has 4 heteroatoms. The van der Waals surface area contributed by atoms with E-state index in [1.165, 1.54) is 0 Å². The maximum atomic E-state index is 12.3. The number of benzene rings is 1. The van der Waals surface area contributed by atoms with Crippen LogP contribution in [0.2, 0.25) is 0 Å². The van der Waals surface area contributed by atoms with Crippen LogP contribution < -0.4 is 0 Å². The Balaban J connectivity index is 3.00. The molecule has 88 valence electrons. The van der Waals surface area contributed by atoms with Crippen molar-refractivity contribution < 1.29 is 4.79 Å². The van der Waals surface area contributed by atoms with Crippen molar-refractivity contribution in [2.45, 2.75) is 19.4 Å². The molecule has 2 nitrogen and oxygen atoms in total. The predicted molar refractivity (Wildman–Crippen MR) is 79.1 cm³/mol. The number of carbonyl (C=O) groups is 1. The summed E-state index contributed by atoms with van der Waals surface area (Å²) in [5, 5.41) is 0.756. The third-order valence-electron chi connectivity index (χ3n) is 2.64. The number of hydrogen-bond donors (Lipinski definition) is 0. The number of halogens is 2. The van der Waals surface area contributed by atoms with Crippen LogP contribution in [0.3, 0.4) is 0 Å². The summed E-state index contributed by atoms with van der Waals surface area (Å²) in [6.07, 6.45) is 0. The van der Waals surface area contributed by atoms with Crippen LogP contribution in [0.25, 0.3) is 0 Å². The van der Waals surface area contributed by atoms with Gasteiger partial charge in [-0.1, -0.05) is 28.1 Å². The Kier molecular flexibility index (Phi) is 4.79. The molecule has 1 aromatic carbocycles. The summed E-state index contributed by atoms with van der Waals surface area (Å²) in [7, 11) is 1.84. The van der Waals surface area contributed by atoms with Gasteiger partial charge in [0.15, 0.2) is 0 Å². The number of amides is 1. The molecule has 0 atom stereocenters. The fourth-order valence-corrected chi connectivity index (χ4v) is 2.17. The summed E-state index contributed by atoms with van der Waals surface area (Å²) < 4.78 is 0.988. The molecule has 0 bridgehead atoms. The fraction of sp³-hybridized carbons (Fsp3) is 0.417. The molecule has 0 heterocycles. The van der Waals surface area contributed by atoms with Crippen LogP contribution in [0.1, 0.15) is 24.2 Å². The van der Waals surface area contributed by atoms with Crippen LogP contribution in [0.4, 0.5) is 0 Å². The smallest absolute Gasteiger partial charge is 0.255 e. The van der Waals surface area contributed by atoms with Crippen LogP contribution in [0.15, 0.2) is 24.3 Å². The minimum Gasteiger partial charge on any atom is -0.336 e. The van der Waals surface area contributed by atoms with Crippen molar-refractivity contribution in [3.8, 4) is 0 Å². The Labute approximate surface area is 119 Å². The second-order valence-corrected chi connectivity index (χ2v) is 6.01. The summed E-state index contributed by atoms with van der Waals surface area (Å²) in [6.45, 7) is 4.07. The zero-order valence-electron chi connectivity index (χ0n) is 9.63. The van der Waals surface area contributed by atoms with E-state index >= 15 is 0 Å². The molecule has 1 aromatic rings. The van der Waals surface area contributed by atoms with Crippen LogP contribution in [0, 0.1) is 3.57 Å². The Bertz CT molecular complexity index is 392. The van der Waals surface area contributed by atoms with Gasteiger partial charge in [-0.3, -0.25) is 4.79 Å². The fourth-order valence-electron chi connectivity index (χ4n) is 1.18. The monoisotopic (exact) mass is 395 g/mol. The minimum absolute atomic E-state index is 0.0643. The first-order chi connectivity index (χ1) is 7.40. The lowest BCUT2D eigenvalue weighted by molar-refractivity contribution is 0.0662. The molecule has 0 unspecified atom stereocenters. The van der Waals surface area contributed by atoms with Crippen molar-refractivity contribution in [1.29, 1.82) is 0 Å². The van der Waals surface area contributed by atoms with Crippen molar-refractivity contribution in [2.24, 2.45) is 0 Å². The third kappa shape index (κ3) is 2.97. The number of hydrogen-bond acceptors (Lipinski definition) is 1. The first-order valence-electron chi connectivity index (χ1n) is 4.99. The lowest BCUT2D eigenvalue weighted by atomic mass is 10.1. The van der Waals surface area contributed by atoms with E-state index in [9.17, 15) is 4.79 Å². The molecular weight excluding hydrogens is 381 g/mol. The standard InChI is InChI=1S/C12H15BrINO/c1-12(2,8-13)15(3)11(16)9-6-4-5-7-10(9)14/h4-7H,8H2,1-3H3. The molecule has 0 radical (unpaired) electrons. The maximum absolute atomic E-state index is 12.3. The Hall–Kier alpha value is -0.100. The van der Waals surface area contributed by atoms with E-state index in [1.807, 2.05) is 45.2 Å². The lowest BCUT2D eigenvalue weighted by Crippen LogP contribution is -2.46. The summed E-state index contributed by atoms with van der Waals surface area (Å²) in [5.74, 6) is 0.0643. The minimum atomic E-state index is -0.185. The summed E-state index contributed by atoms with van der Waals surface area (Å²) >= 11 is 5.63. The third-order valence-corrected chi connectivity index (χ3v) is 4.96. The molecule has 0 saturated heterocycles. The van der Waals surface area contributed by atoms with Gasteiger partial charge in [0.2, 0.25) is 0 Å². The predicted octanol–water partition coefficient (Wildman–Crippen LogP) is 3.54. The quantitative estimate of drug-likeness (QED) is 0.566. The van der Waals surface area contributed by atoms with Crippen LogP contribution in [0.5, 0.6) is 0 Å². The Morgan fingerprint density at radius 2 is 2.00 bits per heavy atom. The molecule has 0 spiro atoms. The highest BCUT2D eigenvalue weighted by Crippen LogP contribution is 2.20. The molecular formula is C12H15BrINO. The zero-order valence-corrected chi connectivity index (χ0v) is 13.4. The number of nitrogens with zero attached hydrogens (tertiary/aromatic N) is 1. The Morgan fingerprint density at radius 1 is 1.44 bits per heavy atom. The van der Waals surface area contributed by atoms with Gasteiger partial charge in [-0.2, -0.15) is 0 Å². The topological polar surface area (TPSA) is 20.3 Å². The van der Waals surface area contributed by atoms with Crippen LogP contribution in [-0.2, 0) is 0 Å². The van der Waals surface area contributed by atoms with Crippen LogP contribution >= 0.6 is 38.5 Å². The van der Waals surface area contributed by atoms with Crippen molar-refractivity contribution in [1.82, 2.24) is 4.90 Å². The highest BCUT2D eigenvalue weighted by molar-refractivity contribution is 14.1. The first kappa shape index (κ1) is 14.0. The van der Waals surface area contributed by atoms with Gasteiger partial charge < -0.3 is 4.90 Å². The van der Waals surface area contributed by atoms with Gasteiger partial charge in [0.1, 0.15) is 0 Å². The number of rotatable bonds is 3. The van der Waals surface area contributed by atoms with Gasteiger partial charge in [0, 0.05) is 21.5 Å². The van der Waals surface area contributed by atoms with Crippen molar-refractivity contribution in [3.63, 3.8) is 0 Å². The second kappa shape index (κ2) is 5.49. The van der Waals surface area contributed by atoms with Gasteiger partial charge in [0.05, 0.1) is 5.56 Å². The van der Waals surface area contributed by atoms with Crippen molar-refractivity contribution in [3.05, 3.63) is 33.4 Å². The normalized spacial score (nSPS) is 11.3. The molecule has 1 amide bonds. The molecule has 16 heavy (non-hydrogen) atoms. The lowest BCUT2D eigenvalue weighted by Gasteiger charge is -2.34. The molecule has 0 aliphatic carbocycles. The first-order valence-corrected chi connectivity index (χ1v) is 7.19. The summed E-state index contributed by atoms with van der Waals surface area (Å²) in [5.41, 5.74) is 0.579. The summed E-state index contributed by atoms with van der Waals surface area (Å²) in [4.78, 5) is 14.0. The molecule has 0 N–H and O–H groups in total. The van der Waals surface area contributed by atoms with Crippen molar-refractivity contribution >= 4 is 44.4 Å². The van der Waals surface area contributed by atoms with Gasteiger partial charge in [-0.25, -0.2) is 0 Å². The molecule has 0 aliphatic heterocycles. The van der Waals surface area contributed by atoms with E-state index in [0.29, 0.717) is 0 Å². The molecule has 1 rings (SSSR count). The van der Waals surface area contributed by atoms with Crippen molar-refractivity contribution in [2.75, 3.05) is 12.4 Å². The number of carbonyl (C=O) groups excluding carboxylic acids is 1. The molecule has 0 aliphatic rings. The van der Waals surface area contributed by atoms with E-state index in [0.717, 1.165) is 14.5 Å². The van der Waals surface area contributed by atoms with Gasteiger partial charge in [-0.05, 0) is 48.6 Å². The molecule has 0 saturated carbocycles. The van der Waals surface area contributed by atoms with E-state index in [1.54, 1.807) is 4.90 Å². The second-order valence-electron chi connectivity index (χ2n) is 4.29. The van der Waals surface area contributed by atoms with E-state index in [2.05, 4.69) is 38.5 Å². The van der Waals surface area contributed by atoms with Crippen LogP contribution in [-0.4, -0.2) is 28.7 Å². The highest BCUT2D eigenvalue weighted by atomic mass is 127. The van der Waals surface area contributed by atoms with E-state index in [4.69, 9.17) is 0 Å². The van der Waals surface area contributed by atoms with Gasteiger partial charge in [0.25, 0.3) is 5.91 Å². The highest BCUT2D eigenvalue weighted by Gasteiger charge is 2.27. The van der Waals surface area contributed by atoms with E-state index in [-0.39, 0.29) is 11.4 Å². The average Bonchev–Trinajstić information content (AvgIpc) is 2.27. The maximum Gasteiger partial charge on any atom is 0.255 e. The zero-order chi connectivity index (χ0) is 12.3. The molecule has 0 fully saturated rings. The van der Waals surface area contributed by atoms with Gasteiger partial charge >= 0.3 is 0 Å². The van der Waals surface area contributed by atoms with E-state index < -0.39 is 0 Å². The Morgan fingerprint density at radius 3 is 2.50 bits per heavy atom. The molecule has 0 aromatic heterocycles. The largest absolute Gasteiger partial charge is 0.336 e. The number of alkyl halides is 1. The SMILES string of the molecule is CN(C(=O)c1ccccc1I)C(C)(C)CBr. The average molecular weight is 396 g/mol. The van der Waals surface area contributed by atoms with Gasteiger partial charge in [-0.15, -0.1) is 0 Å². The summed E-state index contributed by atoms with van der Waals surface area (Å²) in [6, 6.07) is 7.65.